The number of fused-ring (bicyclic) bond motifs is 1. The van der Waals surface area contributed by atoms with E-state index in [0.29, 0.717) is 11.0 Å². The van der Waals surface area contributed by atoms with Crippen LogP contribution in [0.5, 0.6) is 11.8 Å². The molecule has 2 aromatic carbocycles. The number of amides is 1. The normalized spacial score (nSPS) is 10.6. The summed E-state index contributed by atoms with van der Waals surface area (Å²) in [4.78, 5) is 32.3. The summed E-state index contributed by atoms with van der Waals surface area (Å²) in [5, 5.41) is 3.13. The quantitative estimate of drug-likeness (QED) is 0.544. The highest BCUT2D eigenvalue weighted by molar-refractivity contribution is 6.05. The van der Waals surface area contributed by atoms with Crippen LogP contribution in [0.3, 0.4) is 0 Å². The second-order valence-electron chi connectivity index (χ2n) is 5.73. The van der Waals surface area contributed by atoms with Crippen molar-refractivity contribution in [1.82, 2.24) is 9.97 Å². The van der Waals surface area contributed by atoms with Gasteiger partial charge in [-0.2, -0.15) is 0 Å². The van der Waals surface area contributed by atoms with Crippen molar-refractivity contribution in [3.8, 4) is 11.8 Å². The minimum atomic E-state index is -0.753. The Bertz CT molecular complexity index is 1220. The maximum atomic E-state index is 13.6. The largest absolute Gasteiger partial charge is 0.422 e. The first-order valence-electron chi connectivity index (χ1n) is 8.19. The average Bonchev–Trinajstić information content (AvgIpc) is 2.70. The zero-order valence-electron chi connectivity index (χ0n) is 14.3. The Labute approximate surface area is 157 Å². The lowest BCUT2D eigenvalue weighted by atomic mass is 10.2. The fraction of sp³-hybridized carbons (Fsp3) is 0. The van der Waals surface area contributed by atoms with Gasteiger partial charge in [0, 0.05) is 5.39 Å². The van der Waals surface area contributed by atoms with Crippen LogP contribution < -0.4 is 15.7 Å². The van der Waals surface area contributed by atoms with Crippen LogP contribution in [0.25, 0.3) is 11.0 Å². The highest BCUT2D eigenvalue weighted by Gasteiger charge is 2.14. The van der Waals surface area contributed by atoms with Crippen LogP contribution >= 0.6 is 0 Å². The molecule has 0 aliphatic rings. The monoisotopic (exact) mass is 377 g/mol. The third-order valence-corrected chi connectivity index (χ3v) is 3.81. The number of carbonyl (C=O) groups is 1. The van der Waals surface area contributed by atoms with Crippen LogP contribution in [0.2, 0.25) is 0 Å². The molecule has 0 fully saturated rings. The minimum Gasteiger partial charge on any atom is -0.422 e. The van der Waals surface area contributed by atoms with E-state index in [2.05, 4.69) is 15.3 Å². The van der Waals surface area contributed by atoms with Crippen molar-refractivity contribution in [2.45, 2.75) is 0 Å². The zero-order valence-corrected chi connectivity index (χ0v) is 14.3. The van der Waals surface area contributed by atoms with Gasteiger partial charge in [0.2, 0.25) is 0 Å². The second kappa shape index (κ2) is 7.28. The van der Waals surface area contributed by atoms with Gasteiger partial charge in [0.1, 0.15) is 11.1 Å². The van der Waals surface area contributed by atoms with Gasteiger partial charge in [-0.25, -0.2) is 19.2 Å². The Balaban J connectivity index is 1.51. The molecule has 4 aromatic rings. The number of rotatable bonds is 4. The Morgan fingerprint density at radius 3 is 2.54 bits per heavy atom. The number of hydrogen-bond donors (Lipinski definition) is 1. The number of hydrogen-bond acceptors (Lipinski definition) is 6. The lowest BCUT2D eigenvalue weighted by Gasteiger charge is -2.07. The van der Waals surface area contributed by atoms with Gasteiger partial charge in [0.25, 0.3) is 5.91 Å². The first kappa shape index (κ1) is 17.3. The number of ether oxygens (including phenoxy) is 1. The molecule has 2 aromatic heterocycles. The molecule has 0 radical (unpaired) electrons. The summed E-state index contributed by atoms with van der Waals surface area (Å²) < 4.78 is 24.0. The summed E-state index contributed by atoms with van der Waals surface area (Å²) in [6, 6.07) is 14.1. The van der Waals surface area contributed by atoms with E-state index in [4.69, 9.17) is 9.15 Å². The molecule has 0 saturated heterocycles. The van der Waals surface area contributed by atoms with Crippen molar-refractivity contribution in [2.24, 2.45) is 0 Å². The summed E-state index contributed by atoms with van der Waals surface area (Å²) >= 11 is 0. The van der Waals surface area contributed by atoms with Crippen LogP contribution in [0.1, 0.15) is 10.4 Å². The molecule has 1 N–H and O–H groups in total. The number of carbonyl (C=O) groups excluding carboxylic acids is 1. The van der Waals surface area contributed by atoms with Crippen molar-refractivity contribution < 1.29 is 18.3 Å². The number of benzene rings is 2. The van der Waals surface area contributed by atoms with Gasteiger partial charge in [-0.3, -0.25) is 4.79 Å². The smallest absolute Gasteiger partial charge is 0.349 e. The summed E-state index contributed by atoms with van der Waals surface area (Å²) in [6.07, 6.45) is 2.56. The number of aromatic nitrogens is 2. The summed E-state index contributed by atoms with van der Waals surface area (Å²) in [5.74, 6) is -1.23. The first-order chi connectivity index (χ1) is 13.6. The topological polar surface area (TPSA) is 94.3 Å². The number of para-hydroxylation sites is 2. The van der Waals surface area contributed by atoms with Gasteiger partial charge in [-0.1, -0.05) is 30.3 Å². The predicted molar refractivity (Wildman–Crippen MR) is 98.9 cm³/mol. The van der Waals surface area contributed by atoms with Gasteiger partial charge in [-0.15, -0.1) is 0 Å². The van der Waals surface area contributed by atoms with E-state index in [-0.39, 0.29) is 23.0 Å². The van der Waals surface area contributed by atoms with Crippen LogP contribution in [0.15, 0.2) is 76.2 Å². The maximum Gasteiger partial charge on any atom is 0.349 e. The molecule has 8 heteroatoms. The molecule has 1 amide bonds. The van der Waals surface area contributed by atoms with E-state index in [0.717, 1.165) is 0 Å². The van der Waals surface area contributed by atoms with E-state index in [1.54, 1.807) is 30.3 Å². The number of nitrogens with zero attached hydrogens (tertiary/aromatic N) is 2. The van der Waals surface area contributed by atoms with Gasteiger partial charge in [0.15, 0.2) is 11.6 Å². The third kappa shape index (κ3) is 3.56. The van der Waals surface area contributed by atoms with Crippen LogP contribution in [0, 0.1) is 5.82 Å². The molecule has 0 atom stereocenters. The maximum absolute atomic E-state index is 13.6. The Morgan fingerprint density at radius 2 is 1.75 bits per heavy atom. The number of nitrogens with one attached hydrogen (secondary N) is 1. The third-order valence-electron chi connectivity index (χ3n) is 3.81. The molecule has 138 valence electrons. The van der Waals surface area contributed by atoms with E-state index in [1.807, 2.05) is 0 Å². The van der Waals surface area contributed by atoms with Gasteiger partial charge in [0.05, 0.1) is 18.1 Å². The van der Waals surface area contributed by atoms with E-state index in [9.17, 15) is 14.0 Å². The van der Waals surface area contributed by atoms with E-state index >= 15 is 0 Å². The fourth-order valence-electron chi connectivity index (χ4n) is 2.48. The molecule has 0 bridgehead atoms. The molecular weight excluding hydrogens is 365 g/mol. The minimum absolute atomic E-state index is 0.0203. The van der Waals surface area contributed by atoms with E-state index in [1.165, 1.54) is 36.7 Å². The highest BCUT2D eigenvalue weighted by Crippen LogP contribution is 2.21. The van der Waals surface area contributed by atoms with E-state index < -0.39 is 17.3 Å². The van der Waals surface area contributed by atoms with Crippen molar-refractivity contribution >= 4 is 22.6 Å². The predicted octanol–water partition coefficient (Wildman–Crippen LogP) is 3.77. The molecule has 0 aliphatic carbocycles. The Kier molecular flexibility index (Phi) is 4.51. The van der Waals surface area contributed by atoms with Gasteiger partial charge in [-0.05, 0) is 24.3 Å². The Morgan fingerprint density at radius 1 is 1.04 bits per heavy atom. The van der Waals surface area contributed by atoms with Gasteiger partial charge < -0.3 is 14.5 Å². The standard InChI is InChI=1S/C20H12FN3O4/c21-15-6-2-4-8-17(15)28-20-22-10-13(11-23-20)24-18(25)14-9-12-5-1-3-7-16(12)27-19(14)26/h1-11H,(H,24,25). The summed E-state index contributed by atoms with van der Waals surface area (Å²) in [6.45, 7) is 0. The van der Waals surface area contributed by atoms with Gasteiger partial charge >= 0.3 is 11.6 Å². The second-order valence-corrected chi connectivity index (χ2v) is 5.73. The van der Waals surface area contributed by atoms with Crippen LogP contribution in [-0.4, -0.2) is 15.9 Å². The summed E-state index contributed by atoms with van der Waals surface area (Å²) in [5.41, 5.74) is -0.275. The zero-order chi connectivity index (χ0) is 19.5. The number of anilines is 1. The molecule has 0 unspecified atom stereocenters. The number of halogens is 1. The fourth-order valence-corrected chi connectivity index (χ4v) is 2.48. The lowest BCUT2D eigenvalue weighted by Crippen LogP contribution is -2.20. The first-order valence-corrected chi connectivity index (χ1v) is 8.19. The molecule has 0 saturated carbocycles. The molecule has 28 heavy (non-hydrogen) atoms. The highest BCUT2D eigenvalue weighted by atomic mass is 19.1. The van der Waals surface area contributed by atoms with Crippen molar-refractivity contribution in [2.75, 3.05) is 5.32 Å². The summed E-state index contributed by atoms with van der Waals surface area (Å²) in [7, 11) is 0. The Hall–Kier alpha value is -4.07. The van der Waals surface area contributed by atoms with Crippen LogP contribution in [-0.2, 0) is 0 Å². The average molecular weight is 377 g/mol. The van der Waals surface area contributed by atoms with Crippen molar-refractivity contribution in [3.05, 3.63) is 88.8 Å². The van der Waals surface area contributed by atoms with Crippen molar-refractivity contribution in [3.63, 3.8) is 0 Å². The molecule has 0 spiro atoms. The lowest BCUT2D eigenvalue weighted by molar-refractivity contribution is 0.102. The molecule has 7 nitrogen and oxygen atoms in total. The van der Waals surface area contributed by atoms with Crippen LogP contribution in [0.4, 0.5) is 10.1 Å². The molecule has 0 aliphatic heterocycles. The molecule has 2 heterocycles. The van der Waals surface area contributed by atoms with Crippen molar-refractivity contribution in [1.29, 1.82) is 0 Å². The SMILES string of the molecule is O=C(Nc1cnc(Oc2ccccc2F)nc1)c1cc2ccccc2oc1=O. The molecular formula is C20H12FN3O4. The molecule has 4 rings (SSSR count).